The maximum Gasteiger partial charge on any atom is 0.282 e. The summed E-state index contributed by atoms with van der Waals surface area (Å²) in [7, 11) is 0. The molecule has 0 aliphatic carbocycles. The molecule has 146 valence electrons. The fourth-order valence-electron chi connectivity index (χ4n) is 3.47. The lowest BCUT2D eigenvalue weighted by Crippen LogP contribution is -3.16. The molecule has 5 nitrogen and oxygen atoms in total. The number of anilines is 2. The molecule has 2 aromatic rings. The van der Waals surface area contributed by atoms with Crippen LogP contribution in [-0.2, 0) is 4.79 Å². The number of hydrogen-bond acceptors (Lipinski definition) is 3. The molecule has 28 heavy (non-hydrogen) atoms. The van der Waals surface area contributed by atoms with Crippen LogP contribution in [0.4, 0.5) is 15.8 Å². The third kappa shape index (κ3) is 4.80. The monoisotopic (exact) mass is 401 g/mol. The maximum atomic E-state index is 14.2. The number of carbonyl (C=O) groups is 1. The van der Waals surface area contributed by atoms with Gasteiger partial charge in [0.15, 0.2) is 6.54 Å². The topological polar surface area (TPSA) is 51.8 Å². The molecule has 0 saturated carbocycles. The zero-order valence-corrected chi connectivity index (χ0v) is 16.3. The van der Waals surface area contributed by atoms with Crippen molar-refractivity contribution in [2.75, 3.05) is 49.1 Å². The van der Waals surface area contributed by atoms with Gasteiger partial charge in [0, 0.05) is 6.54 Å². The Hall–Kier alpha value is -2.62. The Morgan fingerprint density at radius 3 is 2.54 bits per heavy atom. The van der Waals surface area contributed by atoms with Crippen molar-refractivity contribution in [3.05, 3.63) is 59.4 Å². The summed E-state index contributed by atoms with van der Waals surface area (Å²) >= 11 is 6.28. The molecule has 0 spiro atoms. The molecule has 1 fully saturated rings. The lowest BCUT2D eigenvalue weighted by Gasteiger charge is -2.34. The van der Waals surface area contributed by atoms with E-state index in [1.165, 1.54) is 11.0 Å². The highest BCUT2D eigenvalue weighted by Crippen LogP contribution is 2.25. The Balaban J connectivity index is 1.62. The normalized spacial score (nSPS) is 14.5. The Morgan fingerprint density at radius 1 is 1.18 bits per heavy atom. The van der Waals surface area contributed by atoms with Gasteiger partial charge < -0.3 is 14.7 Å². The van der Waals surface area contributed by atoms with E-state index in [1.54, 1.807) is 18.2 Å². The number of piperazine rings is 1. The van der Waals surface area contributed by atoms with Crippen molar-refractivity contribution in [3.63, 3.8) is 0 Å². The van der Waals surface area contributed by atoms with Gasteiger partial charge in [-0.25, -0.2) is 4.39 Å². The molecule has 0 radical (unpaired) electrons. The van der Waals surface area contributed by atoms with Crippen LogP contribution < -0.4 is 14.7 Å². The summed E-state index contributed by atoms with van der Waals surface area (Å²) < 4.78 is 14.2. The first-order valence-corrected chi connectivity index (χ1v) is 9.73. The first-order valence-electron chi connectivity index (χ1n) is 9.35. The van der Waals surface area contributed by atoms with Crippen LogP contribution in [0.5, 0.6) is 0 Å². The predicted molar refractivity (Wildman–Crippen MR) is 108 cm³/mol. The Bertz CT molecular complexity index is 861. The minimum atomic E-state index is -0.452. The van der Waals surface area contributed by atoms with Crippen LogP contribution in [0, 0.1) is 17.1 Å². The molecule has 1 heterocycles. The number of carbonyl (C=O) groups excluding carboxylic acids is 1. The molecule has 0 unspecified atom stereocenters. The summed E-state index contributed by atoms with van der Waals surface area (Å²) in [5.74, 6) is -0.617. The Kier molecular flexibility index (Phi) is 6.85. The van der Waals surface area contributed by atoms with Crippen molar-refractivity contribution in [3.8, 4) is 6.07 Å². The second kappa shape index (κ2) is 9.54. The van der Waals surface area contributed by atoms with Gasteiger partial charge in [-0.1, -0.05) is 35.9 Å². The summed E-state index contributed by atoms with van der Waals surface area (Å²) in [5.41, 5.74) is 1.24. The number of nitriles is 1. The maximum absolute atomic E-state index is 14.2. The van der Waals surface area contributed by atoms with Gasteiger partial charge >= 0.3 is 0 Å². The summed E-state index contributed by atoms with van der Waals surface area (Å²) in [6, 6.07) is 16.0. The van der Waals surface area contributed by atoms with Crippen LogP contribution in [0.2, 0.25) is 5.02 Å². The van der Waals surface area contributed by atoms with E-state index in [-0.39, 0.29) is 31.1 Å². The van der Waals surface area contributed by atoms with Crippen LogP contribution in [0.15, 0.2) is 48.5 Å². The number of nitrogens with zero attached hydrogens (tertiary/aromatic N) is 3. The summed E-state index contributed by atoms with van der Waals surface area (Å²) in [6.45, 7) is 3.64. The first-order chi connectivity index (χ1) is 13.6. The molecular weight excluding hydrogens is 379 g/mol. The minimum Gasteiger partial charge on any atom is -0.359 e. The number of nitrogens with one attached hydrogen (secondary N) is 1. The zero-order chi connectivity index (χ0) is 19.9. The van der Waals surface area contributed by atoms with Gasteiger partial charge in [-0.2, -0.15) is 5.26 Å². The van der Waals surface area contributed by atoms with Gasteiger partial charge in [0.25, 0.3) is 5.91 Å². The highest BCUT2D eigenvalue weighted by molar-refractivity contribution is 6.33. The zero-order valence-electron chi connectivity index (χ0n) is 15.6. The molecule has 0 bridgehead atoms. The summed E-state index contributed by atoms with van der Waals surface area (Å²) in [6.07, 6.45) is 0.162. The van der Waals surface area contributed by atoms with Gasteiger partial charge in [0.05, 0.1) is 55.1 Å². The van der Waals surface area contributed by atoms with Crippen LogP contribution >= 0.6 is 11.6 Å². The third-order valence-electron chi connectivity index (χ3n) is 4.96. The lowest BCUT2D eigenvalue weighted by molar-refractivity contribution is -0.892. The smallest absolute Gasteiger partial charge is 0.282 e. The fourth-order valence-corrected chi connectivity index (χ4v) is 3.73. The second-order valence-corrected chi connectivity index (χ2v) is 7.18. The molecule has 7 heteroatoms. The quantitative estimate of drug-likeness (QED) is 0.806. The molecule has 1 N–H and O–H groups in total. The van der Waals surface area contributed by atoms with Crippen LogP contribution in [0.3, 0.4) is 0 Å². The number of halogens is 2. The number of para-hydroxylation sites is 2. The van der Waals surface area contributed by atoms with E-state index in [1.807, 2.05) is 30.3 Å². The molecule has 0 atom stereocenters. The van der Waals surface area contributed by atoms with E-state index in [4.69, 9.17) is 16.9 Å². The molecular formula is C21H23ClFN4O+. The fraction of sp³-hybridized carbons (Fsp3) is 0.333. The SMILES string of the molecule is N#CCCN(C(=O)C[NH+]1CCN(c2ccccc2Cl)CC1)c1ccccc1F. The van der Waals surface area contributed by atoms with E-state index in [9.17, 15) is 9.18 Å². The average molecular weight is 402 g/mol. The number of amides is 1. The molecule has 1 amide bonds. The van der Waals surface area contributed by atoms with E-state index in [0.717, 1.165) is 41.8 Å². The van der Waals surface area contributed by atoms with Crippen LogP contribution in [0.1, 0.15) is 6.42 Å². The van der Waals surface area contributed by atoms with Gasteiger partial charge in [0.1, 0.15) is 5.82 Å². The number of benzene rings is 2. The van der Waals surface area contributed by atoms with Gasteiger partial charge in [-0.05, 0) is 24.3 Å². The largest absolute Gasteiger partial charge is 0.359 e. The van der Waals surface area contributed by atoms with Crippen molar-refractivity contribution >= 4 is 28.9 Å². The number of hydrogen-bond donors (Lipinski definition) is 1. The van der Waals surface area contributed by atoms with Gasteiger partial charge in [0.2, 0.25) is 0 Å². The number of quaternary nitrogens is 1. The highest BCUT2D eigenvalue weighted by atomic mass is 35.5. The average Bonchev–Trinajstić information content (AvgIpc) is 2.70. The van der Waals surface area contributed by atoms with Crippen molar-refractivity contribution in [1.82, 2.24) is 0 Å². The van der Waals surface area contributed by atoms with Crippen molar-refractivity contribution in [1.29, 1.82) is 5.26 Å². The van der Waals surface area contributed by atoms with E-state index in [2.05, 4.69) is 4.90 Å². The predicted octanol–water partition coefficient (Wildman–Crippen LogP) is 2.13. The van der Waals surface area contributed by atoms with Gasteiger partial charge in [-0.3, -0.25) is 4.79 Å². The van der Waals surface area contributed by atoms with Crippen molar-refractivity contribution < 1.29 is 14.1 Å². The summed E-state index contributed by atoms with van der Waals surface area (Å²) in [4.78, 5) is 17.6. The Labute approximate surface area is 169 Å². The molecule has 3 rings (SSSR count). The molecule has 2 aromatic carbocycles. The van der Waals surface area contributed by atoms with E-state index in [0.29, 0.717) is 0 Å². The second-order valence-electron chi connectivity index (χ2n) is 6.77. The van der Waals surface area contributed by atoms with Gasteiger partial charge in [-0.15, -0.1) is 0 Å². The summed E-state index contributed by atoms with van der Waals surface area (Å²) in [5, 5.41) is 9.62. The minimum absolute atomic E-state index is 0.162. The van der Waals surface area contributed by atoms with Crippen LogP contribution in [-0.4, -0.2) is 45.2 Å². The van der Waals surface area contributed by atoms with Crippen LogP contribution in [0.25, 0.3) is 0 Å². The lowest BCUT2D eigenvalue weighted by atomic mass is 10.2. The van der Waals surface area contributed by atoms with Crippen molar-refractivity contribution in [2.24, 2.45) is 0 Å². The molecule has 0 aromatic heterocycles. The first kappa shape index (κ1) is 20.1. The molecule has 1 saturated heterocycles. The highest BCUT2D eigenvalue weighted by Gasteiger charge is 2.27. The van der Waals surface area contributed by atoms with E-state index >= 15 is 0 Å². The standard InChI is InChI=1S/C21H22ClFN4O/c22-17-6-1-3-8-19(17)26-14-12-25(13-15-26)16-21(28)27(11-5-10-24)20-9-4-2-7-18(20)23/h1-4,6-9H,5,11-16H2/p+1. The van der Waals surface area contributed by atoms with E-state index < -0.39 is 5.82 Å². The number of rotatable bonds is 6. The van der Waals surface area contributed by atoms with Crippen molar-refractivity contribution in [2.45, 2.75) is 6.42 Å². The molecule has 1 aliphatic heterocycles. The Morgan fingerprint density at radius 2 is 1.86 bits per heavy atom. The third-order valence-corrected chi connectivity index (χ3v) is 5.28. The molecule has 1 aliphatic rings.